The first-order valence-corrected chi connectivity index (χ1v) is 8.88. The van der Waals surface area contributed by atoms with Crippen LogP contribution in [0.2, 0.25) is 0 Å². The SMILES string of the molecule is CC(C)P(CCCCCCCCC#N)C(C)C. The van der Waals surface area contributed by atoms with E-state index in [1.165, 1.54) is 38.3 Å². The van der Waals surface area contributed by atoms with Gasteiger partial charge in [-0.1, -0.05) is 53.4 Å². The largest absolute Gasteiger partial charge is 0.198 e. The van der Waals surface area contributed by atoms with Gasteiger partial charge >= 0.3 is 0 Å². The summed E-state index contributed by atoms with van der Waals surface area (Å²) in [7, 11) is 0.248. The lowest BCUT2D eigenvalue weighted by Gasteiger charge is -2.25. The van der Waals surface area contributed by atoms with Crippen molar-refractivity contribution in [1.82, 2.24) is 0 Å². The molecule has 2 heteroatoms. The molecule has 17 heavy (non-hydrogen) atoms. The van der Waals surface area contributed by atoms with Gasteiger partial charge in [-0.25, -0.2) is 0 Å². The van der Waals surface area contributed by atoms with E-state index in [9.17, 15) is 0 Å². The molecule has 0 aromatic rings. The normalized spacial score (nSPS) is 11.4. The van der Waals surface area contributed by atoms with Gasteiger partial charge in [-0.3, -0.25) is 0 Å². The van der Waals surface area contributed by atoms with Gasteiger partial charge in [-0.2, -0.15) is 5.26 Å². The second-order valence-corrected chi connectivity index (χ2v) is 9.00. The van der Waals surface area contributed by atoms with Crippen LogP contribution in [0.3, 0.4) is 0 Å². The fourth-order valence-corrected chi connectivity index (χ4v) is 5.13. The molecule has 0 saturated carbocycles. The van der Waals surface area contributed by atoms with Crippen molar-refractivity contribution in [3.8, 4) is 6.07 Å². The molecule has 0 spiro atoms. The maximum Gasteiger partial charge on any atom is 0.0621 e. The Bertz CT molecular complexity index is 197. The molecular formula is C15H30NP. The van der Waals surface area contributed by atoms with Crippen LogP contribution < -0.4 is 0 Å². The zero-order chi connectivity index (χ0) is 13.1. The minimum atomic E-state index is 0.248. The van der Waals surface area contributed by atoms with Crippen LogP contribution in [0.15, 0.2) is 0 Å². The van der Waals surface area contributed by atoms with Crippen LogP contribution in [0.5, 0.6) is 0 Å². The standard InChI is InChI=1S/C15H30NP/c1-14(2)17(15(3)4)13-11-9-7-5-6-8-10-12-16/h14-15H,5-11,13H2,1-4H3. The lowest BCUT2D eigenvalue weighted by Crippen LogP contribution is -2.06. The average molecular weight is 255 g/mol. The fourth-order valence-electron chi connectivity index (χ4n) is 2.32. The van der Waals surface area contributed by atoms with Gasteiger partial charge in [0.25, 0.3) is 0 Å². The highest BCUT2D eigenvalue weighted by Crippen LogP contribution is 2.46. The molecule has 0 aromatic heterocycles. The van der Waals surface area contributed by atoms with Gasteiger partial charge in [0.05, 0.1) is 6.07 Å². The van der Waals surface area contributed by atoms with Gasteiger partial charge in [0.15, 0.2) is 0 Å². The summed E-state index contributed by atoms with van der Waals surface area (Å²) in [5.41, 5.74) is 1.78. The number of hydrogen-bond donors (Lipinski definition) is 0. The summed E-state index contributed by atoms with van der Waals surface area (Å²) in [5, 5.41) is 8.42. The van der Waals surface area contributed by atoms with Crippen molar-refractivity contribution < 1.29 is 0 Å². The predicted octanol–water partition coefficient (Wildman–Crippen LogP) is 5.54. The van der Waals surface area contributed by atoms with Crippen molar-refractivity contribution in [1.29, 1.82) is 5.26 Å². The van der Waals surface area contributed by atoms with E-state index in [0.717, 1.165) is 24.2 Å². The smallest absolute Gasteiger partial charge is 0.0621 e. The van der Waals surface area contributed by atoms with E-state index >= 15 is 0 Å². The molecule has 0 aliphatic heterocycles. The second-order valence-electron chi connectivity index (χ2n) is 5.45. The molecule has 0 rings (SSSR count). The van der Waals surface area contributed by atoms with Crippen molar-refractivity contribution >= 4 is 7.92 Å². The average Bonchev–Trinajstić information content (AvgIpc) is 2.26. The van der Waals surface area contributed by atoms with Crippen molar-refractivity contribution in [2.24, 2.45) is 0 Å². The number of nitrogens with zero attached hydrogens (tertiary/aromatic N) is 1. The van der Waals surface area contributed by atoms with Gasteiger partial charge in [0, 0.05) is 6.42 Å². The molecule has 0 radical (unpaired) electrons. The third-order valence-corrected chi connectivity index (χ3v) is 6.77. The molecule has 0 unspecified atom stereocenters. The minimum absolute atomic E-state index is 0.248. The Balaban J connectivity index is 3.40. The Morgan fingerprint density at radius 1 is 0.824 bits per heavy atom. The molecule has 0 saturated heterocycles. The quantitative estimate of drug-likeness (QED) is 0.371. The Kier molecular flexibility index (Phi) is 11.0. The molecule has 0 atom stereocenters. The third kappa shape index (κ3) is 9.61. The molecule has 0 aliphatic rings. The lowest BCUT2D eigenvalue weighted by molar-refractivity contribution is 0.613. The molecule has 0 aliphatic carbocycles. The summed E-state index contributed by atoms with van der Waals surface area (Å²) in [6.07, 6.45) is 10.0. The van der Waals surface area contributed by atoms with Crippen LogP contribution in [-0.2, 0) is 0 Å². The highest BCUT2D eigenvalue weighted by molar-refractivity contribution is 7.59. The molecule has 0 amide bonds. The van der Waals surface area contributed by atoms with E-state index in [1.54, 1.807) is 0 Å². The first kappa shape index (κ1) is 16.9. The zero-order valence-electron chi connectivity index (χ0n) is 12.2. The van der Waals surface area contributed by atoms with Crippen molar-refractivity contribution in [3.05, 3.63) is 0 Å². The Labute approximate surface area is 110 Å². The lowest BCUT2D eigenvalue weighted by atomic mass is 10.1. The van der Waals surface area contributed by atoms with E-state index < -0.39 is 0 Å². The summed E-state index contributed by atoms with van der Waals surface area (Å²) in [5.74, 6) is 0. The van der Waals surface area contributed by atoms with Crippen LogP contribution in [0.4, 0.5) is 0 Å². The molecule has 0 bridgehead atoms. The maximum atomic E-state index is 8.42. The highest BCUT2D eigenvalue weighted by atomic mass is 31.1. The van der Waals surface area contributed by atoms with Crippen molar-refractivity contribution in [3.63, 3.8) is 0 Å². The van der Waals surface area contributed by atoms with E-state index in [-0.39, 0.29) is 7.92 Å². The van der Waals surface area contributed by atoms with Gasteiger partial charge < -0.3 is 0 Å². The predicted molar refractivity (Wildman–Crippen MR) is 80.0 cm³/mol. The first-order valence-electron chi connectivity index (χ1n) is 7.22. The fraction of sp³-hybridized carbons (Fsp3) is 0.933. The molecular weight excluding hydrogens is 225 g/mol. The maximum absolute atomic E-state index is 8.42. The van der Waals surface area contributed by atoms with E-state index in [4.69, 9.17) is 5.26 Å². The number of hydrogen-bond acceptors (Lipinski definition) is 1. The Hall–Kier alpha value is -0.0800. The number of rotatable bonds is 10. The molecule has 0 N–H and O–H groups in total. The van der Waals surface area contributed by atoms with Crippen LogP contribution in [-0.4, -0.2) is 17.5 Å². The summed E-state index contributed by atoms with van der Waals surface area (Å²) in [6, 6.07) is 2.21. The molecule has 1 nitrogen and oxygen atoms in total. The summed E-state index contributed by atoms with van der Waals surface area (Å²) in [4.78, 5) is 0. The van der Waals surface area contributed by atoms with Crippen LogP contribution in [0.25, 0.3) is 0 Å². The summed E-state index contributed by atoms with van der Waals surface area (Å²) >= 11 is 0. The van der Waals surface area contributed by atoms with E-state index in [2.05, 4.69) is 33.8 Å². The molecule has 0 aromatic carbocycles. The third-order valence-electron chi connectivity index (χ3n) is 3.28. The Morgan fingerprint density at radius 3 is 1.76 bits per heavy atom. The van der Waals surface area contributed by atoms with Crippen LogP contribution in [0, 0.1) is 11.3 Å². The zero-order valence-corrected chi connectivity index (χ0v) is 13.1. The van der Waals surface area contributed by atoms with E-state index in [1.807, 2.05) is 0 Å². The van der Waals surface area contributed by atoms with Crippen LogP contribution >= 0.6 is 7.92 Å². The van der Waals surface area contributed by atoms with Gasteiger partial charge in [-0.15, -0.1) is 7.92 Å². The highest BCUT2D eigenvalue weighted by Gasteiger charge is 2.15. The second kappa shape index (κ2) is 11.0. The number of nitriles is 1. The van der Waals surface area contributed by atoms with Gasteiger partial charge in [0.2, 0.25) is 0 Å². The Morgan fingerprint density at radius 2 is 1.29 bits per heavy atom. The van der Waals surface area contributed by atoms with Crippen LogP contribution in [0.1, 0.15) is 72.6 Å². The summed E-state index contributed by atoms with van der Waals surface area (Å²) in [6.45, 7) is 9.53. The molecule has 100 valence electrons. The van der Waals surface area contributed by atoms with Gasteiger partial charge in [-0.05, 0) is 30.3 Å². The van der Waals surface area contributed by atoms with Crippen molar-refractivity contribution in [2.75, 3.05) is 6.16 Å². The monoisotopic (exact) mass is 255 g/mol. The van der Waals surface area contributed by atoms with Gasteiger partial charge in [0.1, 0.15) is 0 Å². The first-order chi connectivity index (χ1) is 8.09. The number of unbranched alkanes of at least 4 members (excludes halogenated alkanes) is 6. The van der Waals surface area contributed by atoms with E-state index in [0.29, 0.717) is 0 Å². The topological polar surface area (TPSA) is 23.8 Å². The summed E-state index contributed by atoms with van der Waals surface area (Å²) < 4.78 is 0. The molecule has 0 heterocycles. The van der Waals surface area contributed by atoms with Crippen molar-refractivity contribution in [2.45, 2.75) is 84.0 Å². The molecule has 0 fully saturated rings. The minimum Gasteiger partial charge on any atom is -0.198 e.